The Bertz CT molecular complexity index is 754. The first-order chi connectivity index (χ1) is 10.3. The maximum Gasteiger partial charge on any atom is 0.244 e. The molecule has 0 fully saturated rings. The van der Waals surface area contributed by atoms with Gasteiger partial charge in [-0.3, -0.25) is 0 Å². The van der Waals surface area contributed by atoms with Crippen LogP contribution in [0.4, 0.5) is 5.95 Å². The number of rotatable bonds is 2. The van der Waals surface area contributed by atoms with Gasteiger partial charge >= 0.3 is 0 Å². The molecule has 0 saturated carbocycles. The Morgan fingerprint density at radius 2 is 2.14 bits per heavy atom. The summed E-state index contributed by atoms with van der Waals surface area (Å²) < 4.78 is 1.81. The van der Waals surface area contributed by atoms with E-state index in [1.165, 1.54) is 4.88 Å². The maximum atomic E-state index is 6.36. The highest BCUT2D eigenvalue weighted by atomic mass is 35.5. The van der Waals surface area contributed by atoms with Crippen molar-refractivity contribution in [1.29, 1.82) is 0 Å². The molecule has 106 valence electrons. The molecule has 7 heteroatoms. The molecule has 21 heavy (non-hydrogen) atoms. The van der Waals surface area contributed by atoms with Crippen LogP contribution in [0.3, 0.4) is 0 Å². The molecule has 1 aliphatic rings. The standard InChI is InChI=1S/C14H12ClN5S/c15-10-5-2-1-4-9(10)12-8-11(13-6-3-7-21-13)16-14-17-18-19-20(12)14/h1-7,11-12H,8H2,(H,16,17,19)/t11-,12+/m0/s1. The normalized spacial score (nSPS) is 20.8. The molecule has 1 aliphatic heterocycles. The third-order valence-corrected chi connectivity index (χ3v) is 5.03. The fourth-order valence-electron chi connectivity index (χ4n) is 2.72. The monoisotopic (exact) mass is 317 g/mol. The summed E-state index contributed by atoms with van der Waals surface area (Å²) in [5.74, 6) is 0.685. The molecule has 0 bridgehead atoms. The summed E-state index contributed by atoms with van der Waals surface area (Å²) in [7, 11) is 0. The lowest BCUT2D eigenvalue weighted by molar-refractivity contribution is 0.426. The van der Waals surface area contributed by atoms with Crippen LogP contribution in [-0.2, 0) is 0 Å². The molecule has 2 atom stereocenters. The van der Waals surface area contributed by atoms with Crippen LogP contribution in [0.2, 0.25) is 5.02 Å². The highest BCUT2D eigenvalue weighted by molar-refractivity contribution is 7.10. The Balaban J connectivity index is 1.78. The number of tetrazole rings is 1. The number of hydrogen-bond donors (Lipinski definition) is 1. The van der Waals surface area contributed by atoms with E-state index in [9.17, 15) is 0 Å². The lowest BCUT2D eigenvalue weighted by Gasteiger charge is -2.30. The van der Waals surface area contributed by atoms with Gasteiger partial charge in [0, 0.05) is 9.90 Å². The van der Waals surface area contributed by atoms with E-state index in [1.54, 1.807) is 11.3 Å². The number of nitrogens with one attached hydrogen (secondary N) is 1. The van der Waals surface area contributed by atoms with Gasteiger partial charge in [-0.1, -0.05) is 41.0 Å². The van der Waals surface area contributed by atoms with E-state index in [-0.39, 0.29) is 12.1 Å². The third-order valence-electron chi connectivity index (χ3n) is 3.70. The summed E-state index contributed by atoms with van der Waals surface area (Å²) in [6.45, 7) is 0. The van der Waals surface area contributed by atoms with Gasteiger partial charge in [-0.15, -0.1) is 11.3 Å². The summed E-state index contributed by atoms with van der Waals surface area (Å²) in [5, 5.41) is 18.2. The fourth-order valence-corrected chi connectivity index (χ4v) is 3.77. The minimum Gasteiger partial charge on any atom is -0.345 e. The van der Waals surface area contributed by atoms with Gasteiger partial charge in [-0.05, 0) is 39.9 Å². The van der Waals surface area contributed by atoms with E-state index in [0.29, 0.717) is 5.95 Å². The first-order valence-corrected chi connectivity index (χ1v) is 7.91. The van der Waals surface area contributed by atoms with Gasteiger partial charge in [0.15, 0.2) is 0 Å². The Morgan fingerprint density at radius 3 is 2.95 bits per heavy atom. The summed E-state index contributed by atoms with van der Waals surface area (Å²) >= 11 is 8.10. The first kappa shape index (κ1) is 12.8. The van der Waals surface area contributed by atoms with Crippen molar-refractivity contribution in [2.45, 2.75) is 18.5 Å². The lowest BCUT2D eigenvalue weighted by atomic mass is 9.97. The number of halogens is 1. The summed E-state index contributed by atoms with van der Waals surface area (Å²) in [6, 6.07) is 12.3. The minimum absolute atomic E-state index is 0.0389. The molecule has 0 radical (unpaired) electrons. The predicted octanol–water partition coefficient (Wildman–Crippen LogP) is 3.53. The molecule has 0 spiro atoms. The van der Waals surface area contributed by atoms with E-state index in [1.807, 2.05) is 28.9 Å². The van der Waals surface area contributed by atoms with Crippen LogP contribution in [0.5, 0.6) is 0 Å². The molecule has 2 aromatic heterocycles. The van der Waals surface area contributed by atoms with Crippen molar-refractivity contribution < 1.29 is 0 Å². The fraction of sp³-hybridized carbons (Fsp3) is 0.214. The van der Waals surface area contributed by atoms with Crippen molar-refractivity contribution in [2.24, 2.45) is 0 Å². The predicted molar refractivity (Wildman–Crippen MR) is 82.7 cm³/mol. The molecule has 0 saturated heterocycles. The molecule has 0 unspecified atom stereocenters. The van der Waals surface area contributed by atoms with Gasteiger partial charge in [0.2, 0.25) is 5.95 Å². The molecule has 3 heterocycles. The third kappa shape index (κ3) is 2.20. The number of nitrogens with zero attached hydrogens (tertiary/aromatic N) is 4. The van der Waals surface area contributed by atoms with Crippen LogP contribution in [0.1, 0.15) is 28.9 Å². The molecule has 4 rings (SSSR count). The SMILES string of the molecule is Clc1ccccc1[C@H]1C[C@@H](c2cccs2)Nc2nnnn21. The summed E-state index contributed by atoms with van der Waals surface area (Å²) in [4.78, 5) is 1.28. The van der Waals surface area contributed by atoms with Crippen molar-refractivity contribution in [3.05, 3.63) is 57.2 Å². The molecular formula is C14H12ClN5S. The maximum absolute atomic E-state index is 6.36. The van der Waals surface area contributed by atoms with Crippen LogP contribution >= 0.6 is 22.9 Å². The Kier molecular flexibility index (Phi) is 3.12. The zero-order valence-electron chi connectivity index (χ0n) is 11.0. The van der Waals surface area contributed by atoms with Gasteiger partial charge in [-0.25, -0.2) is 4.68 Å². The Hall–Kier alpha value is -1.92. The highest BCUT2D eigenvalue weighted by Gasteiger charge is 2.31. The molecule has 1 aromatic carbocycles. The van der Waals surface area contributed by atoms with Crippen LogP contribution < -0.4 is 5.32 Å². The smallest absolute Gasteiger partial charge is 0.244 e. The van der Waals surface area contributed by atoms with Crippen LogP contribution in [0, 0.1) is 0 Å². The largest absolute Gasteiger partial charge is 0.345 e. The molecule has 1 N–H and O–H groups in total. The molecule has 0 amide bonds. The van der Waals surface area contributed by atoms with Crippen molar-refractivity contribution in [1.82, 2.24) is 20.2 Å². The Labute approximate surface area is 130 Å². The van der Waals surface area contributed by atoms with Crippen LogP contribution in [0.15, 0.2) is 41.8 Å². The van der Waals surface area contributed by atoms with Gasteiger partial charge in [0.05, 0.1) is 12.1 Å². The van der Waals surface area contributed by atoms with Crippen molar-refractivity contribution in [2.75, 3.05) is 5.32 Å². The van der Waals surface area contributed by atoms with Gasteiger partial charge in [-0.2, -0.15) is 0 Å². The van der Waals surface area contributed by atoms with E-state index >= 15 is 0 Å². The summed E-state index contributed by atoms with van der Waals surface area (Å²) in [6.07, 6.45) is 0.863. The number of thiophene rings is 1. The van der Waals surface area contributed by atoms with Crippen molar-refractivity contribution in [3.8, 4) is 0 Å². The zero-order chi connectivity index (χ0) is 14.2. The van der Waals surface area contributed by atoms with E-state index in [0.717, 1.165) is 17.0 Å². The second-order valence-electron chi connectivity index (χ2n) is 4.93. The van der Waals surface area contributed by atoms with E-state index < -0.39 is 0 Å². The molecule has 0 aliphatic carbocycles. The number of benzene rings is 1. The van der Waals surface area contributed by atoms with E-state index in [2.05, 4.69) is 38.4 Å². The highest BCUT2D eigenvalue weighted by Crippen LogP contribution is 2.40. The molecule has 5 nitrogen and oxygen atoms in total. The minimum atomic E-state index is 0.0389. The molecular weight excluding hydrogens is 306 g/mol. The zero-order valence-corrected chi connectivity index (χ0v) is 12.6. The second kappa shape index (κ2) is 5.13. The average molecular weight is 318 g/mol. The van der Waals surface area contributed by atoms with Crippen molar-refractivity contribution in [3.63, 3.8) is 0 Å². The first-order valence-electron chi connectivity index (χ1n) is 6.65. The lowest BCUT2D eigenvalue weighted by Crippen LogP contribution is -2.27. The number of hydrogen-bond acceptors (Lipinski definition) is 5. The average Bonchev–Trinajstić information content (AvgIpc) is 3.18. The van der Waals surface area contributed by atoms with Crippen molar-refractivity contribution >= 4 is 28.9 Å². The number of fused-ring (bicyclic) bond motifs is 1. The number of aromatic nitrogens is 4. The van der Waals surface area contributed by atoms with Gasteiger partial charge < -0.3 is 5.32 Å². The van der Waals surface area contributed by atoms with E-state index in [4.69, 9.17) is 11.6 Å². The van der Waals surface area contributed by atoms with Gasteiger partial charge in [0.1, 0.15) is 0 Å². The van der Waals surface area contributed by atoms with Gasteiger partial charge in [0.25, 0.3) is 0 Å². The quantitative estimate of drug-likeness (QED) is 0.785. The molecule has 3 aromatic rings. The number of anilines is 1. The van der Waals surface area contributed by atoms with Crippen LogP contribution in [-0.4, -0.2) is 20.2 Å². The summed E-state index contributed by atoms with van der Waals surface area (Å²) in [5.41, 5.74) is 1.05. The second-order valence-corrected chi connectivity index (χ2v) is 6.32. The topological polar surface area (TPSA) is 55.6 Å². The Morgan fingerprint density at radius 1 is 1.24 bits per heavy atom. The van der Waals surface area contributed by atoms with Crippen LogP contribution in [0.25, 0.3) is 0 Å².